The lowest BCUT2D eigenvalue weighted by Gasteiger charge is -2.24. The van der Waals surface area contributed by atoms with Gasteiger partial charge in [-0.25, -0.2) is 14.8 Å². The Hall–Kier alpha value is -4.85. The number of thioether (sulfide) groups is 1. The maximum Gasteiger partial charge on any atom is 0.408 e. The zero-order valence-electron chi connectivity index (χ0n) is 49.2. The molecule has 0 aliphatic carbocycles. The number of hydrogen-bond acceptors (Lipinski definition) is 11. The first kappa shape index (κ1) is 65.7. The van der Waals surface area contributed by atoms with E-state index in [0.29, 0.717) is 30.0 Å². The standard InChI is InChI=1S/C64H102N6O7S/c1-7-10-13-15-17-19-21-23-25-27-29-31-33-40-57(71)75-47-52(76-58(72)41-34-32-30-28-26-24-22-20-18-16-14-11-8-2)48-78-49-55(68-63(74)77-64(4,5)6)62(73)66-51-44-42-50(43-45-51)46-70-56(39-12-9-3)69-59-60(70)53-37-35-36-38-54(53)67-61(59)65/h35-38,42-45,52,55H,7-34,39-41,46-49H2,1-6H3,(H2,65,67)(H,66,73)(H,68,74)/t52?,55-/m0/s1. The number of nitrogen functional groups attached to an aromatic ring is 1. The highest BCUT2D eigenvalue weighted by molar-refractivity contribution is 7.99. The number of fused-ring (bicyclic) bond motifs is 3. The SMILES string of the molecule is CCCCCCCCCCCCCCCC(=O)OCC(CSC[C@H](NC(=O)OC(C)(C)C)C(=O)Nc1ccc(Cn2c(CCCC)nc3c(N)nc4ccccc4c32)cc1)OC(=O)CCCCCCCCCCCCCCC. The van der Waals surface area contributed by atoms with Crippen LogP contribution in [0.25, 0.3) is 21.9 Å². The lowest BCUT2D eigenvalue weighted by molar-refractivity contribution is -0.157. The summed E-state index contributed by atoms with van der Waals surface area (Å²) in [6.45, 7) is 12.4. The molecule has 14 heteroatoms. The molecule has 78 heavy (non-hydrogen) atoms. The van der Waals surface area contributed by atoms with Gasteiger partial charge >= 0.3 is 18.0 Å². The first-order chi connectivity index (χ1) is 37.8. The van der Waals surface area contributed by atoms with Crippen LogP contribution < -0.4 is 16.4 Å². The number of nitrogens with zero attached hydrogens (tertiary/aromatic N) is 3. The summed E-state index contributed by atoms with van der Waals surface area (Å²) in [6, 6.07) is 14.6. The minimum Gasteiger partial charge on any atom is -0.462 e. The molecule has 2 heterocycles. The molecule has 0 fully saturated rings. The van der Waals surface area contributed by atoms with Crippen LogP contribution in [-0.4, -0.2) is 74.3 Å². The van der Waals surface area contributed by atoms with Crippen molar-refractivity contribution >= 4 is 69.1 Å². The van der Waals surface area contributed by atoms with Crippen LogP contribution in [0.5, 0.6) is 0 Å². The van der Waals surface area contributed by atoms with Crippen LogP contribution in [0, 0.1) is 0 Å². The number of unbranched alkanes of at least 4 members (excludes halogenated alkanes) is 25. The third-order valence-electron chi connectivity index (χ3n) is 14.3. The van der Waals surface area contributed by atoms with E-state index in [0.717, 1.165) is 85.6 Å². The van der Waals surface area contributed by atoms with Crippen LogP contribution in [0.4, 0.5) is 16.3 Å². The van der Waals surface area contributed by atoms with Gasteiger partial charge in [0.05, 0.1) is 11.0 Å². The predicted molar refractivity (Wildman–Crippen MR) is 324 cm³/mol. The first-order valence-electron chi connectivity index (χ1n) is 30.7. The molecule has 4 rings (SSSR count). The van der Waals surface area contributed by atoms with Crippen molar-refractivity contribution in [2.75, 3.05) is 29.2 Å². The van der Waals surface area contributed by atoms with E-state index < -0.39 is 29.7 Å². The maximum atomic E-state index is 14.1. The van der Waals surface area contributed by atoms with Gasteiger partial charge in [-0.05, 0) is 63.8 Å². The van der Waals surface area contributed by atoms with Gasteiger partial charge in [-0.3, -0.25) is 14.4 Å². The van der Waals surface area contributed by atoms with Crippen molar-refractivity contribution in [1.29, 1.82) is 0 Å². The van der Waals surface area contributed by atoms with E-state index >= 15 is 0 Å². The van der Waals surface area contributed by atoms with E-state index in [1.165, 1.54) is 140 Å². The van der Waals surface area contributed by atoms with Crippen molar-refractivity contribution < 1.29 is 33.4 Å². The monoisotopic (exact) mass is 1100 g/mol. The van der Waals surface area contributed by atoms with E-state index in [2.05, 4.69) is 47.0 Å². The van der Waals surface area contributed by atoms with Crippen LogP contribution in [-0.2, 0) is 41.6 Å². The van der Waals surface area contributed by atoms with Gasteiger partial charge in [0.2, 0.25) is 5.91 Å². The smallest absolute Gasteiger partial charge is 0.408 e. The van der Waals surface area contributed by atoms with E-state index in [4.69, 9.17) is 24.9 Å². The molecule has 2 aromatic heterocycles. The lowest BCUT2D eigenvalue weighted by atomic mass is 10.0. The van der Waals surface area contributed by atoms with Crippen molar-refractivity contribution in [2.24, 2.45) is 0 Å². The molecule has 0 radical (unpaired) electrons. The summed E-state index contributed by atoms with van der Waals surface area (Å²) in [5, 5.41) is 6.75. The number of pyridine rings is 1. The Morgan fingerprint density at radius 2 is 1.14 bits per heavy atom. The number of aryl methyl sites for hydroxylation is 1. The molecule has 0 saturated carbocycles. The summed E-state index contributed by atoms with van der Waals surface area (Å²) in [5.74, 6) is 0.682. The zero-order valence-corrected chi connectivity index (χ0v) is 50.0. The number of carbonyl (C=O) groups is 4. The van der Waals surface area contributed by atoms with E-state index in [-0.39, 0.29) is 36.5 Å². The van der Waals surface area contributed by atoms with Crippen LogP contribution in [0.2, 0.25) is 0 Å². The van der Waals surface area contributed by atoms with Gasteiger partial charge in [0, 0.05) is 48.4 Å². The molecule has 2 aromatic carbocycles. The molecule has 13 nitrogen and oxygen atoms in total. The quantitative estimate of drug-likeness (QED) is 0.0218. The first-order valence-corrected chi connectivity index (χ1v) is 31.8. The van der Waals surface area contributed by atoms with Crippen molar-refractivity contribution in [2.45, 2.75) is 265 Å². The molecule has 4 N–H and O–H groups in total. The average molecular weight is 1100 g/mol. The second kappa shape index (κ2) is 38.7. The van der Waals surface area contributed by atoms with Gasteiger partial charge in [-0.15, -0.1) is 0 Å². The number of para-hydroxylation sites is 1. The van der Waals surface area contributed by atoms with Crippen molar-refractivity contribution in [3.05, 3.63) is 59.9 Å². The minimum absolute atomic E-state index is 0.0766. The number of anilines is 2. The average Bonchev–Trinajstić information content (AvgIpc) is 4.05. The second-order valence-electron chi connectivity index (χ2n) is 22.6. The van der Waals surface area contributed by atoms with Crippen molar-refractivity contribution in [3.63, 3.8) is 0 Å². The summed E-state index contributed by atoms with van der Waals surface area (Å²) >= 11 is 1.34. The maximum absolute atomic E-state index is 14.1. The Kier molecular flexibility index (Phi) is 32.6. The lowest BCUT2D eigenvalue weighted by Crippen LogP contribution is -2.47. The molecule has 1 unspecified atom stereocenters. The summed E-state index contributed by atoms with van der Waals surface area (Å²) in [6.07, 6.45) is 33.6. The van der Waals surface area contributed by atoms with Crippen molar-refractivity contribution in [3.8, 4) is 0 Å². The van der Waals surface area contributed by atoms with Crippen LogP contribution in [0.3, 0.4) is 0 Å². The minimum atomic E-state index is -1.00. The molecule has 2 amide bonds. The fraction of sp³-hybridized carbons (Fsp3) is 0.688. The van der Waals surface area contributed by atoms with Crippen LogP contribution in [0.1, 0.15) is 246 Å². The zero-order chi connectivity index (χ0) is 56.2. The molecule has 0 aliphatic heterocycles. The number of imidazole rings is 1. The highest BCUT2D eigenvalue weighted by Crippen LogP contribution is 2.30. The number of nitrogens with one attached hydrogen (secondary N) is 2. The number of nitrogens with two attached hydrogens (primary N) is 1. The Morgan fingerprint density at radius 1 is 0.628 bits per heavy atom. The highest BCUT2D eigenvalue weighted by Gasteiger charge is 2.27. The van der Waals surface area contributed by atoms with E-state index in [9.17, 15) is 19.2 Å². The van der Waals surface area contributed by atoms with Gasteiger partial charge in [0.1, 0.15) is 35.7 Å². The Balaban J connectivity index is 1.34. The predicted octanol–water partition coefficient (Wildman–Crippen LogP) is 16.5. The number of benzene rings is 2. The van der Waals surface area contributed by atoms with Gasteiger partial charge in [0.15, 0.2) is 5.82 Å². The highest BCUT2D eigenvalue weighted by atomic mass is 32.2. The number of alkyl carbamates (subject to hydrolysis) is 1. The van der Waals surface area contributed by atoms with Crippen molar-refractivity contribution in [1.82, 2.24) is 19.9 Å². The van der Waals surface area contributed by atoms with Gasteiger partial charge in [-0.1, -0.05) is 212 Å². The van der Waals surface area contributed by atoms with Gasteiger partial charge in [0.25, 0.3) is 0 Å². The van der Waals surface area contributed by atoms with E-state index in [1.54, 1.807) is 20.8 Å². The third-order valence-corrected chi connectivity index (χ3v) is 15.5. The van der Waals surface area contributed by atoms with Gasteiger partial charge in [-0.2, -0.15) is 11.8 Å². The van der Waals surface area contributed by atoms with Crippen LogP contribution >= 0.6 is 11.8 Å². The molecular formula is C64H102N6O7S. The van der Waals surface area contributed by atoms with E-state index in [1.807, 2.05) is 42.5 Å². The Bertz CT molecular complexity index is 2310. The van der Waals surface area contributed by atoms with Gasteiger partial charge < -0.3 is 35.1 Å². The largest absolute Gasteiger partial charge is 0.462 e. The molecule has 4 aromatic rings. The normalized spacial score (nSPS) is 12.4. The second-order valence-corrected chi connectivity index (χ2v) is 23.7. The Morgan fingerprint density at radius 3 is 1.68 bits per heavy atom. The fourth-order valence-electron chi connectivity index (χ4n) is 9.85. The number of hydrogen-bond donors (Lipinski definition) is 3. The number of aromatic nitrogens is 3. The molecule has 436 valence electrons. The summed E-state index contributed by atoms with van der Waals surface area (Å²) in [4.78, 5) is 63.1. The molecular weight excluding hydrogens is 997 g/mol. The molecule has 0 spiro atoms. The summed E-state index contributed by atoms with van der Waals surface area (Å²) in [5.41, 5.74) is 9.69. The topological polar surface area (TPSA) is 177 Å². The summed E-state index contributed by atoms with van der Waals surface area (Å²) in [7, 11) is 0. The molecule has 0 aliphatic rings. The third kappa shape index (κ3) is 26.9. The number of carbonyl (C=O) groups excluding carboxylic acids is 4. The molecule has 2 atom stereocenters. The number of amides is 2. The molecule has 0 saturated heterocycles. The summed E-state index contributed by atoms with van der Waals surface area (Å²) < 4.78 is 19.5. The number of esters is 2. The number of rotatable bonds is 43. The Labute approximate surface area is 474 Å². The molecule has 0 bridgehead atoms. The number of ether oxygens (including phenoxy) is 3. The fourth-order valence-corrected chi connectivity index (χ4v) is 10.9. The van der Waals surface area contributed by atoms with Crippen LogP contribution in [0.15, 0.2) is 48.5 Å².